The number of hydrogen-bond acceptors (Lipinski definition) is 7. The van der Waals surface area contributed by atoms with E-state index in [1.165, 1.54) is 7.11 Å². The number of aromatic nitrogens is 2. The fourth-order valence-electron chi connectivity index (χ4n) is 2.96. The fraction of sp³-hybridized carbons (Fsp3) is 0.316. The number of ether oxygens (including phenoxy) is 2. The minimum atomic E-state index is -0.403. The lowest BCUT2D eigenvalue weighted by molar-refractivity contribution is -0.143. The summed E-state index contributed by atoms with van der Waals surface area (Å²) in [4.78, 5) is 23.2. The number of nitrogens with zero attached hydrogens (tertiary/aromatic N) is 2. The normalized spacial score (nSPS) is 18.4. The Kier molecular flexibility index (Phi) is 5.83. The van der Waals surface area contributed by atoms with E-state index in [2.05, 4.69) is 20.3 Å². The van der Waals surface area contributed by atoms with Crippen LogP contribution in [0.3, 0.4) is 0 Å². The predicted molar refractivity (Wildman–Crippen MR) is 101 cm³/mol. The van der Waals surface area contributed by atoms with Crippen molar-refractivity contribution in [2.24, 2.45) is 11.7 Å². The standard InChI is InChI=1S/C19H21N5O4/c1-27-17(25)9-13-8-14(22-19(13)26)10-28-16-7-6-15(23-24-16)11-2-4-12(5-3-11)18(20)21/h2-7,13-14H,8-10H2,1H3,(H3,20,21)(H,22,26)/t13-,14-/m0/s1. The van der Waals surface area contributed by atoms with Crippen molar-refractivity contribution in [3.05, 3.63) is 42.0 Å². The maximum absolute atomic E-state index is 11.9. The third-order valence-corrected chi connectivity index (χ3v) is 4.49. The Labute approximate surface area is 161 Å². The molecule has 28 heavy (non-hydrogen) atoms. The number of nitrogens with one attached hydrogen (secondary N) is 2. The molecule has 2 aromatic rings. The molecule has 146 valence electrons. The summed E-state index contributed by atoms with van der Waals surface area (Å²) in [7, 11) is 1.30. The van der Waals surface area contributed by atoms with Gasteiger partial charge < -0.3 is 20.5 Å². The molecule has 1 fully saturated rings. The number of nitrogen functional groups attached to an aromatic ring is 1. The van der Waals surface area contributed by atoms with E-state index in [1.807, 2.05) is 12.1 Å². The van der Waals surface area contributed by atoms with Gasteiger partial charge in [0, 0.05) is 17.2 Å². The molecular formula is C19H21N5O4. The monoisotopic (exact) mass is 383 g/mol. The van der Waals surface area contributed by atoms with Crippen LogP contribution in [0.15, 0.2) is 36.4 Å². The van der Waals surface area contributed by atoms with Crippen molar-refractivity contribution >= 4 is 17.7 Å². The molecule has 9 nitrogen and oxygen atoms in total. The van der Waals surface area contributed by atoms with Gasteiger partial charge in [0.2, 0.25) is 11.8 Å². The molecule has 1 aliphatic heterocycles. The molecule has 9 heteroatoms. The van der Waals surface area contributed by atoms with Crippen molar-refractivity contribution in [2.45, 2.75) is 18.9 Å². The summed E-state index contributed by atoms with van der Waals surface area (Å²) in [6, 6.07) is 10.4. The molecule has 1 aliphatic rings. The summed E-state index contributed by atoms with van der Waals surface area (Å²) in [5.74, 6) is -0.620. The maximum atomic E-state index is 11.9. The quantitative estimate of drug-likeness (QED) is 0.366. The summed E-state index contributed by atoms with van der Waals surface area (Å²) >= 11 is 0. The molecular weight excluding hydrogens is 362 g/mol. The number of methoxy groups -OCH3 is 1. The summed E-state index contributed by atoms with van der Waals surface area (Å²) in [5, 5.41) is 18.4. The minimum Gasteiger partial charge on any atom is -0.474 e. The Morgan fingerprint density at radius 1 is 1.25 bits per heavy atom. The van der Waals surface area contributed by atoms with Crippen LogP contribution in [0.2, 0.25) is 0 Å². The first-order chi connectivity index (χ1) is 13.5. The molecule has 3 rings (SSSR count). The van der Waals surface area contributed by atoms with E-state index in [0.717, 1.165) is 5.56 Å². The van der Waals surface area contributed by atoms with Gasteiger partial charge in [-0.1, -0.05) is 24.3 Å². The van der Waals surface area contributed by atoms with E-state index in [-0.39, 0.29) is 30.8 Å². The van der Waals surface area contributed by atoms with E-state index in [1.54, 1.807) is 24.3 Å². The maximum Gasteiger partial charge on any atom is 0.306 e. The lowest BCUT2D eigenvalue weighted by Gasteiger charge is -2.11. The third-order valence-electron chi connectivity index (χ3n) is 4.49. The van der Waals surface area contributed by atoms with Gasteiger partial charge in [-0.05, 0) is 12.5 Å². The number of rotatable bonds is 7. The summed E-state index contributed by atoms with van der Waals surface area (Å²) in [6.45, 7) is 0.241. The predicted octanol–water partition coefficient (Wildman–Crippen LogP) is 0.874. The second-order valence-electron chi connectivity index (χ2n) is 6.48. The van der Waals surface area contributed by atoms with E-state index < -0.39 is 11.9 Å². The lowest BCUT2D eigenvalue weighted by Crippen LogP contribution is -2.31. The van der Waals surface area contributed by atoms with Gasteiger partial charge in [-0.15, -0.1) is 10.2 Å². The largest absolute Gasteiger partial charge is 0.474 e. The van der Waals surface area contributed by atoms with Crippen molar-refractivity contribution in [3.8, 4) is 17.1 Å². The number of esters is 1. The molecule has 1 saturated heterocycles. The van der Waals surface area contributed by atoms with Gasteiger partial charge in [0.25, 0.3) is 0 Å². The van der Waals surface area contributed by atoms with Crippen molar-refractivity contribution < 1.29 is 19.1 Å². The molecule has 0 unspecified atom stereocenters. The van der Waals surface area contributed by atoms with Crippen LogP contribution in [0.4, 0.5) is 0 Å². The van der Waals surface area contributed by atoms with Gasteiger partial charge in [-0.25, -0.2) is 0 Å². The lowest BCUT2D eigenvalue weighted by atomic mass is 10.0. The first-order valence-corrected chi connectivity index (χ1v) is 8.75. The van der Waals surface area contributed by atoms with Crippen molar-refractivity contribution in [3.63, 3.8) is 0 Å². The second kappa shape index (κ2) is 8.47. The summed E-state index contributed by atoms with van der Waals surface area (Å²) in [6.07, 6.45) is 0.567. The molecule has 2 heterocycles. The summed E-state index contributed by atoms with van der Waals surface area (Å²) < 4.78 is 10.2. The zero-order valence-corrected chi connectivity index (χ0v) is 15.3. The van der Waals surface area contributed by atoms with Crippen LogP contribution in [0.1, 0.15) is 18.4 Å². The van der Waals surface area contributed by atoms with Crippen molar-refractivity contribution in [2.75, 3.05) is 13.7 Å². The van der Waals surface area contributed by atoms with Gasteiger partial charge in [0.05, 0.1) is 31.2 Å². The molecule has 1 aromatic heterocycles. The van der Waals surface area contributed by atoms with Gasteiger partial charge in [0.15, 0.2) is 0 Å². The Balaban J connectivity index is 1.54. The molecule has 1 aromatic carbocycles. The number of nitrogens with two attached hydrogens (primary N) is 1. The Morgan fingerprint density at radius 2 is 2.00 bits per heavy atom. The van der Waals surface area contributed by atoms with Crippen LogP contribution in [-0.4, -0.2) is 47.7 Å². The second-order valence-corrected chi connectivity index (χ2v) is 6.48. The average Bonchev–Trinajstić information content (AvgIpc) is 3.06. The van der Waals surface area contributed by atoms with E-state index in [0.29, 0.717) is 23.6 Å². The van der Waals surface area contributed by atoms with Crippen LogP contribution < -0.4 is 15.8 Å². The summed E-state index contributed by atoms with van der Waals surface area (Å²) in [5.41, 5.74) is 7.59. The zero-order valence-electron chi connectivity index (χ0n) is 15.3. The number of amidine groups is 1. The van der Waals surface area contributed by atoms with Gasteiger partial charge in [-0.2, -0.15) is 0 Å². The van der Waals surface area contributed by atoms with Crippen molar-refractivity contribution in [1.82, 2.24) is 15.5 Å². The van der Waals surface area contributed by atoms with Gasteiger partial charge >= 0.3 is 5.97 Å². The number of benzene rings is 1. The van der Waals surface area contributed by atoms with Crippen LogP contribution in [0, 0.1) is 11.3 Å². The van der Waals surface area contributed by atoms with Crippen LogP contribution in [-0.2, 0) is 14.3 Å². The molecule has 0 aliphatic carbocycles. The highest BCUT2D eigenvalue weighted by Crippen LogP contribution is 2.21. The first kappa shape index (κ1) is 19.3. The molecule has 0 bridgehead atoms. The first-order valence-electron chi connectivity index (χ1n) is 8.75. The highest BCUT2D eigenvalue weighted by atomic mass is 16.5. The SMILES string of the molecule is COC(=O)C[C@@H]1C[C@@H](COc2ccc(-c3ccc(C(=N)N)cc3)nn2)NC1=O. The number of amides is 1. The fourth-order valence-corrected chi connectivity index (χ4v) is 2.96. The van der Waals surface area contributed by atoms with Crippen LogP contribution >= 0.6 is 0 Å². The molecule has 2 atom stereocenters. The minimum absolute atomic E-state index is 0.00853. The molecule has 4 N–H and O–H groups in total. The molecule has 0 saturated carbocycles. The molecule has 1 amide bonds. The van der Waals surface area contributed by atoms with Crippen molar-refractivity contribution in [1.29, 1.82) is 5.41 Å². The van der Waals surface area contributed by atoms with Crippen LogP contribution in [0.5, 0.6) is 5.88 Å². The van der Waals surface area contributed by atoms with E-state index in [4.69, 9.17) is 15.9 Å². The highest BCUT2D eigenvalue weighted by Gasteiger charge is 2.34. The van der Waals surface area contributed by atoms with E-state index >= 15 is 0 Å². The number of carbonyl (C=O) groups excluding carboxylic acids is 2. The molecule has 0 radical (unpaired) electrons. The Bertz CT molecular complexity index is 867. The smallest absolute Gasteiger partial charge is 0.306 e. The average molecular weight is 383 g/mol. The van der Waals surface area contributed by atoms with Gasteiger partial charge in [-0.3, -0.25) is 15.0 Å². The zero-order chi connectivity index (χ0) is 20.1. The highest BCUT2D eigenvalue weighted by molar-refractivity contribution is 5.95. The Morgan fingerprint density at radius 3 is 2.61 bits per heavy atom. The molecule has 0 spiro atoms. The topological polar surface area (TPSA) is 140 Å². The van der Waals surface area contributed by atoms with Crippen LogP contribution in [0.25, 0.3) is 11.3 Å². The Hall–Kier alpha value is -3.49. The van der Waals surface area contributed by atoms with E-state index in [9.17, 15) is 9.59 Å². The number of carbonyl (C=O) groups is 2. The van der Waals surface area contributed by atoms with Gasteiger partial charge in [0.1, 0.15) is 12.4 Å². The number of hydrogen-bond donors (Lipinski definition) is 3. The third kappa shape index (κ3) is 4.61.